The number of hydrogen-bond acceptors (Lipinski definition) is 7. The van der Waals surface area contributed by atoms with Crippen molar-refractivity contribution in [2.45, 2.75) is 69.6 Å². The number of nitrogens with one attached hydrogen (secondary N) is 2. The molecule has 4 aliphatic heterocycles. The fraction of sp³-hybridized carbons (Fsp3) is 0.448. The number of carbonyl (C=O) groups is 4. The van der Waals surface area contributed by atoms with Gasteiger partial charge in [-0.15, -0.1) is 0 Å². The van der Waals surface area contributed by atoms with Crippen LogP contribution in [0.1, 0.15) is 42.4 Å². The lowest BCUT2D eigenvalue weighted by molar-refractivity contribution is -0.147. The Bertz CT molecular complexity index is 6550. The molecular formula is C29H34N4O5S68. The molecule has 2 aromatic carbocycles. The summed E-state index contributed by atoms with van der Waals surface area (Å²) >= 11 is 9.64. The molecule has 0 saturated carbocycles. The summed E-state index contributed by atoms with van der Waals surface area (Å²) in [6.45, 7) is 3.44. The Morgan fingerprint density at radius 1 is 0.302 bits per heavy atom. The average Bonchev–Trinajstić information content (AvgIpc) is 1.73. The molecule has 9 nitrogen and oxygen atoms in total. The highest BCUT2D eigenvalue weighted by molar-refractivity contribution is 8.84. The number of phenols is 1. The predicted octanol–water partition coefficient (Wildman–Crippen LogP) is 1.29. The van der Waals surface area contributed by atoms with Crippen molar-refractivity contribution in [1.82, 2.24) is 20.4 Å². The zero-order chi connectivity index (χ0) is 75.5. The van der Waals surface area contributed by atoms with Gasteiger partial charge >= 0.3 is 0 Å². The van der Waals surface area contributed by atoms with Crippen LogP contribution in [0.5, 0.6) is 5.75 Å². The van der Waals surface area contributed by atoms with Crippen molar-refractivity contribution in [3.05, 3.63) is 65.2 Å². The summed E-state index contributed by atoms with van der Waals surface area (Å²) in [5.74, 6) is 0.246. The highest BCUT2D eigenvalue weighted by atomic mass is 33.5. The van der Waals surface area contributed by atoms with E-state index in [2.05, 4.69) is 10.6 Å². The highest BCUT2D eigenvalue weighted by Gasteiger charge is 2.44. The summed E-state index contributed by atoms with van der Waals surface area (Å²) in [7, 11) is 119. The second kappa shape index (κ2) is 81.8. The topological polar surface area (TPSA) is 119 Å². The number of rotatable bonds is 4. The van der Waals surface area contributed by atoms with E-state index >= 15 is 0 Å². The molecule has 4 amide bonds. The Balaban J connectivity index is 0.000000490. The van der Waals surface area contributed by atoms with Crippen LogP contribution in [0.15, 0.2) is 48.5 Å². The summed E-state index contributed by atoms with van der Waals surface area (Å²) in [5.41, 5.74) is 3.21. The van der Waals surface area contributed by atoms with E-state index in [0.29, 0.717) is 19.4 Å². The van der Waals surface area contributed by atoms with Crippen molar-refractivity contribution in [1.29, 1.82) is 0 Å². The van der Waals surface area contributed by atoms with Gasteiger partial charge in [-0.1, -0.05) is 42.0 Å². The van der Waals surface area contributed by atoms with Crippen LogP contribution in [0.3, 0.4) is 0 Å². The third-order valence-electron chi connectivity index (χ3n) is 9.65. The Morgan fingerprint density at radius 2 is 0.481 bits per heavy atom. The smallest absolute Gasteiger partial charge is 0.246 e. The molecule has 608 valence electrons. The van der Waals surface area contributed by atoms with Gasteiger partial charge in [0, 0.05) is 634 Å². The molecule has 3 N–H and O–H groups in total. The Labute approximate surface area is 810 Å². The molecule has 2 aromatic rings. The standard InChI is InChI=1S/C15H18N2O2.C14H16N2O3.S68/c1-10-4-6-11(7-5-10)9-12-15(19)17-8-2-3-13(17)14(18)16-12;17-10-5-3-9(4-6-10)8-11-14(19)16-7-1-2-12(16)13(18)15-11;1-3-5-7-9-11-13-15-17-19-21-23-25-27-29-31-33-35-37-39-41-43-45-47-49-51-53-55-57-59-61-63-65-67-68-66-64-62-60-58-56-54-52-50-48-46-44-42-40-38-36-34-32-30-28-26-24-22-20-18-16-14-12-10-8-6-4-2/h4-7,12-13H,2-3,8-9H2,1H3,(H,16,18);3-6,11-12,17H,1-2,7-8H2,(H,15,18);/t12-,13-;11-,12-;/m00./s1. The molecule has 0 bridgehead atoms. The van der Waals surface area contributed by atoms with Crippen LogP contribution in [-0.4, -0.2) is 75.8 Å². The van der Waals surface area contributed by atoms with Gasteiger partial charge in [0.1, 0.15) is 29.9 Å². The zero-order valence-electron chi connectivity index (χ0n) is 49.3. The third kappa shape index (κ3) is 61.5. The SMILES string of the molecule is Cc1ccc(C[C@@H]2NC(=O)[C@@H]3CCCN3C2=O)cc1.O=C1N[C@@H](Cc2ccc(O)cc2)C(=O)N2CCC[C@@H]12.S=S=S=S=S=S=S=S=S=S=S=S=S=S=S=S=S=S=S=S=S=S=S=S=S=S=S=S=S=S=S=S=S=S=S=S=S=S=S=S=S=S=S=S=S=S=S=S=S=S=S=S=S=S=S=S=S=S=S=S=S=S=S=S=S=S=S=S. The maximum absolute atomic E-state index is 12.3. The van der Waals surface area contributed by atoms with Crippen LogP contribution in [0.2, 0.25) is 0 Å². The molecule has 4 heterocycles. The summed E-state index contributed by atoms with van der Waals surface area (Å²) < 4.78 is 0. The first-order valence-electron chi connectivity index (χ1n) is 24.5. The van der Waals surface area contributed by atoms with Crippen LogP contribution >= 0.6 is 0 Å². The number of aryl methyl sites for hydroxylation is 1. The molecule has 4 fully saturated rings. The van der Waals surface area contributed by atoms with Crippen molar-refractivity contribution in [3.63, 3.8) is 0 Å². The maximum atomic E-state index is 12.3. The van der Waals surface area contributed by atoms with Crippen molar-refractivity contribution < 1.29 is 24.3 Å². The molecule has 4 saturated heterocycles. The lowest BCUT2D eigenvalue weighted by Gasteiger charge is -2.34. The molecular weight excluding hydrogens is 2660 g/mol. The van der Waals surface area contributed by atoms with Gasteiger partial charge in [0.15, 0.2) is 0 Å². The van der Waals surface area contributed by atoms with Crippen molar-refractivity contribution in [3.8, 4) is 5.75 Å². The van der Waals surface area contributed by atoms with Crippen LogP contribution in [0, 0.1) is 6.92 Å². The third-order valence-corrected chi connectivity index (χ3v) is 154. The second-order valence-corrected chi connectivity index (χ2v) is 132. The number of amides is 4. The quantitative estimate of drug-likeness (QED) is 0.423. The van der Waals surface area contributed by atoms with E-state index in [-0.39, 0.29) is 41.5 Å². The molecule has 0 radical (unpaired) electrons. The van der Waals surface area contributed by atoms with Crippen molar-refractivity contribution in [2.24, 2.45) is 0 Å². The van der Waals surface area contributed by atoms with Gasteiger partial charge in [0.25, 0.3) is 0 Å². The normalized spacial score (nSPS) is 14.4. The van der Waals surface area contributed by atoms with Crippen molar-refractivity contribution >= 4 is 632 Å². The molecule has 77 heteroatoms. The van der Waals surface area contributed by atoms with Gasteiger partial charge in [-0.25, -0.2) is 0 Å². The first kappa shape index (κ1) is 109. The fourth-order valence-electron chi connectivity index (χ4n) is 6.50. The van der Waals surface area contributed by atoms with Gasteiger partial charge in [-0.3, -0.25) is 19.2 Å². The number of aromatic hydroxyl groups is 1. The van der Waals surface area contributed by atoms with Gasteiger partial charge in [0.05, 0.1) is 0 Å². The number of fused-ring (bicyclic) bond motifs is 2. The summed E-state index contributed by atoms with van der Waals surface area (Å²) in [4.78, 5) is 52.0. The molecule has 4 aliphatic rings. The molecule has 0 spiro atoms. The van der Waals surface area contributed by atoms with Gasteiger partial charge in [0.2, 0.25) is 23.6 Å². The first-order chi connectivity index (χ1) is 52.2. The van der Waals surface area contributed by atoms with E-state index in [4.69, 9.17) is 22.4 Å². The van der Waals surface area contributed by atoms with E-state index in [1.54, 1.807) is 141 Å². The van der Waals surface area contributed by atoms with Crippen molar-refractivity contribution in [2.75, 3.05) is 13.1 Å². The fourth-order valence-corrected chi connectivity index (χ4v) is 182. The van der Waals surface area contributed by atoms with Crippen LogP contribution in [0.25, 0.3) is 0 Å². The monoisotopic (exact) mass is 2690 g/mol. The van der Waals surface area contributed by atoms with E-state index < -0.39 is 12.1 Å². The largest absolute Gasteiger partial charge is 0.508 e. The highest BCUT2D eigenvalue weighted by Crippen LogP contribution is 2.25. The van der Waals surface area contributed by atoms with E-state index in [0.717, 1.165) is 43.4 Å². The number of piperazine rings is 2. The number of benzene rings is 2. The van der Waals surface area contributed by atoms with E-state index in [9.17, 15) is 24.3 Å². The molecule has 6 rings (SSSR count). The molecule has 0 aromatic heterocycles. The predicted molar refractivity (Wildman–Crippen MR) is 641 cm³/mol. The molecule has 0 unspecified atom stereocenters. The van der Waals surface area contributed by atoms with Gasteiger partial charge in [-0.05, 0) is 55.9 Å². The van der Waals surface area contributed by atoms with Crippen LogP contribution in [-0.2, 0) is 641 Å². The van der Waals surface area contributed by atoms with E-state index in [1.807, 2.05) is 493 Å². The Morgan fingerprint density at radius 3 is 0.670 bits per heavy atom. The molecule has 4 atom stereocenters. The summed E-state index contributed by atoms with van der Waals surface area (Å²) in [6.07, 6.45) is 4.44. The van der Waals surface area contributed by atoms with Gasteiger partial charge in [-0.2, -0.15) is 0 Å². The first-order valence-corrected chi connectivity index (χ1v) is 114. The maximum Gasteiger partial charge on any atom is 0.246 e. The Kier molecular flexibility index (Phi) is 84.4. The minimum Gasteiger partial charge on any atom is -0.508 e. The zero-order valence-corrected chi connectivity index (χ0v) is 105. The summed E-state index contributed by atoms with van der Waals surface area (Å²) in [6, 6.07) is 13.4. The van der Waals surface area contributed by atoms with Crippen LogP contribution in [0.4, 0.5) is 0 Å². The molecule has 0 aliphatic carbocycles. The number of phenolic OH excluding ortho intramolecular Hbond substituents is 1. The summed E-state index contributed by atoms with van der Waals surface area (Å²) in [5, 5.41) is 14.9. The van der Waals surface area contributed by atoms with Crippen LogP contribution < -0.4 is 10.6 Å². The molecule has 106 heavy (non-hydrogen) atoms. The lowest BCUT2D eigenvalue weighted by atomic mass is 10.0. The lowest BCUT2D eigenvalue weighted by Crippen LogP contribution is -2.61. The minimum absolute atomic E-state index is 0.00853. The number of nitrogens with zero attached hydrogens (tertiary/aromatic N) is 2. The van der Waals surface area contributed by atoms with E-state index in [1.165, 1.54) is 23.3 Å². The number of hydrogen-bond donors (Lipinski definition) is 3. The van der Waals surface area contributed by atoms with Gasteiger partial charge < -0.3 is 25.5 Å². The number of carbonyl (C=O) groups excluding carboxylic acids is 4. The minimum atomic E-state index is -0.480. The average molecular weight is 2700 g/mol. The second-order valence-electron chi connectivity index (χ2n) is 15.1. The Hall–Kier alpha value is 11.1.